The van der Waals surface area contributed by atoms with Crippen LogP contribution >= 0.6 is 0 Å². The predicted molar refractivity (Wildman–Crippen MR) is 75.2 cm³/mol. The van der Waals surface area contributed by atoms with E-state index in [-0.39, 0.29) is 6.61 Å². The monoisotopic (exact) mass is 257 g/mol. The van der Waals surface area contributed by atoms with Gasteiger partial charge in [0.2, 0.25) is 0 Å². The largest absolute Gasteiger partial charge is 0.489 e. The molecular weight excluding hydrogens is 238 g/mol. The second kappa shape index (κ2) is 6.34. The van der Waals surface area contributed by atoms with Crippen LogP contribution in [0.15, 0.2) is 42.5 Å². The maximum Gasteiger partial charge on any atom is 0.140 e. The number of benzene rings is 1. The fourth-order valence-corrected chi connectivity index (χ4v) is 1.92. The second-order valence-corrected chi connectivity index (χ2v) is 4.49. The van der Waals surface area contributed by atoms with Gasteiger partial charge in [-0.15, -0.1) is 0 Å². The molecule has 2 aromatic rings. The molecule has 0 radical (unpaired) electrons. The third-order valence-corrected chi connectivity index (χ3v) is 2.99. The molecule has 0 amide bonds. The van der Waals surface area contributed by atoms with Crippen LogP contribution in [0.25, 0.3) is 0 Å². The van der Waals surface area contributed by atoms with Gasteiger partial charge in [0.25, 0.3) is 0 Å². The van der Waals surface area contributed by atoms with E-state index in [1.807, 2.05) is 56.3 Å². The Morgan fingerprint density at radius 1 is 1.16 bits per heavy atom. The minimum atomic E-state index is -0.618. The van der Waals surface area contributed by atoms with Gasteiger partial charge in [-0.25, -0.2) is 0 Å². The predicted octanol–water partition coefficient (Wildman–Crippen LogP) is 3.06. The number of aryl methyl sites for hydroxylation is 2. The van der Waals surface area contributed by atoms with Gasteiger partial charge in [0.15, 0.2) is 0 Å². The van der Waals surface area contributed by atoms with E-state index in [9.17, 15) is 5.11 Å². The number of hydrogen-bond donors (Lipinski definition) is 1. The Balaban J connectivity index is 2.03. The van der Waals surface area contributed by atoms with Crippen molar-refractivity contribution in [3.8, 4) is 5.75 Å². The van der Waals surface area contributed by atoms with E-state index < -0.39 is 6.10 Å². The Labute approximate surface area is 113 Å². The van der Waals surface area contributed by atoms with Crippen LogP contribution in [0, 0.1) is 6.92 Å². The van der Waals surface area contributed by atoms with Crippen LogP contribution in [0.5, 0.6) is 5.75 Å². The molecular formula is C16H19NO2. The van der Waals surface area contributed by atoms with Crippen molar-refractivity contribution in [1.82, 2.24) is 4.98 Å². The molecule has 3 nitrogen and oxygen atoms in total. The lowest BCUT2D eigenvalue weighted by Gasteiger charge is -2.14. The molecule has 3 heteroatoms. The zero-order valence-electron chi connectivity index (χ0n) is 11.3. The summed E-state index contributed by atoms with van der Waals surface area (Å²) in [6, 6.07) is 13.4. The number of aliphatic hydroxyl groups excluding tert-OH is 1. The Morgan fingerprint density at radius 3 is 2.58 bits per heavy atom. The lowest BCUT2D eigenvalue weighted by Crippen LogP contribution is -2.11. The first-order valence-corrected chi connectivity index (χ1v) is 6.53. The van der Waals surface area contributed by atoms with Gasteiger partial charge in [0.05, 0.1) is 5.69 Å². The summed E-state index contributed by atoms with van der Waals surface area (Å²) in [6.07, 6.45) is 0.200. The maximum absolute atomic E-state index is 10.1. The summed E-state index contributed by atoms with van der Waals surface area (Å²) in [5.74, 6) is 0.753. The van der Waals surface area contributed by atoms with Crippen molar-refractivity contribution >= 4 is 0 Å². The maximum atomic E-state index is 10.1. The van der Waals surface area contributed by atoms with Gasteiger partial charge in [0, 0.05) is 5.69 Å². The van der Waals surface area contributed by atoms with E-state index in [0.717, 1.165) is 29.1 Å². The van der Waals surface area contributed by atoms with Gasteiger partial charge in [0.1, 0.15) is 18.5 Å². The SMILES string of the molecule is CCc1nc(C)ccc1OCC(O)c1ccccc1. The van der Waals surface area contributed by atoms with Crippen LogP contribution in [-0.4, -0.2) is 16.7 Å². The molecule has 0 aliphatic carbocycles. The lowest BCUT2D eigenvalue weighted by atomic mass is 10.1. The highest BCUT2D eigenvalue weighted by Gasteiger charge is 2.10. The molecule has 1 unspecified atom stereocenters. The van der Waals surface area contributed by atoms with Crippen LogP contribution in [-0.2, 0) is 6.42 Å². The van der Waals surface area contributed by atoms with Gasteiger partial charge in [-0.2, -0.15) is 0 Å². The summed E-state index contributed by atoms with van der Waals surface area (Å²) in [5, 5.41) is 10.1. The topological polar surface area (TPSA) is 42.4 Å². The van der Waals surface area contributed by atoms with Gasteiger partial charge < -0.3 is 9.84 Å². The smallest absolute Gasteiger partial charge is 0.140 e. The summed E-state index contributed by atoms with van der Waals surface area (Å²) in [5.41, 5.74) is 2.77. The Hall–Kier alpha value is -1.87. The van der Waals surface area contributed by atoms with Gasteiger partial charge in [-0.3, -0.25) is 4.98 Å². The number of aliphatic hydroxyl groups is 1. The molecule has 0 saturated carbocycles. The lowest BCUT2D eigenvalue weighted by molar-refractivity contribution is 0.107. The van der Waals surface area contributed by atoms with E-state index in [0.29, 0.717) is 0 Å². The minimum Gasteiger partial charge on any atom is -0.489 e. The third kappa shape index (κ3) is 3.55. The number of pyridine rings is 1. The first kappa shape index (κ1) is 13.6. The summed E-state index contributed by atoms with van der Waals surface area (Å²) in [4.78, 5) is 4.44. The summed E-state index contributed by atoms with van der Waals surface area (Å²) >= 11 is 0. The number of nitrogens with zero attached hydrogens (tertiary/aromatic N) is 1. The Kier molecular flexibility index (Phi) is 4.53. The van der Waals surface area contributed by atoms with Crippen molar-refractivity contribution in [2.75, 3.05) is 6.61 Å². The summed E-state index contributed by atoms with van der Waals surface area (Å²) < 4.78 is 5.69. The molecule has 1 N–H and O–H groups in total. The van der Waals surface area contributed by atoms with Crippen LogP contribution in [0.3, 0.4) is 0 Å². The van der Waals surface area contributed by atoms with Crippen molar-refractivity contribution in [3.05, 3.63) is 59.4 Å². The fraction of sp³-hybridized carbons (Fsp3) is 0.312. The highest BCUT2D eigenvalue weighted by atomic mass is 16.5. The van der Waals surface area contributed by atoms with Crippen LogP contribution in [0.4, 0.5) is 0 Å². The molecule has 19 heavy (non-hydrogen) atoms. The van der Waals surface area contributed by atoms with Gasteiger partial charge >= 0.3 is 0 Å². The van der Waals surface area contributed by atoms with Crippen molar-refractivity contribution < 1.29 is 9.84 Å². The number of hydrogen-bond acceptors (Lipinski definition) is 3. The highest BCUT2D eigenvalue weighted by molar-refractivity contribution is 5.29. The van der Waals surface area contributed by atoms with Crippen LogP contribution in [0.2, 0.25) is 0 Å². The van der Waals surface area contributed by atoms with E-state index in [1.54, 1.807) is 0 Å². The molecule has 100 valence electrons. The van der Waals surface area contributed by atoms with Gasteiger partial charge in [-0.05, 0) is 31.0 Å². The van der Waals surface area contributed by atoms with Crippen LogP contribution in [0.1, 0.15) is 30.0 Å². The van der Waals surface area contributed by atoms with Crippen molar-refractivity contribution in [2.45, 2.75) is 26.4 Å². The first-order chi connectivity index (χ1) is 9.20. The quantitative estimate of drug-likeness (QED) is 0.895. The molecule has 0 aliphatic heterocycles. The Morgan fingerprint density at radius 2 is 1.89 bits per heavy atom. The standard InChI is InChI=1S/C16H19NO2/c1-3-14-16(10-9-12(2)17-14)19-11-15(18)13-7-5-4-6-8-13/h4-10,15,18H,3,11H2,1-2H3. The average Bonchev–Trinajstić information content (AvgIpc) is 2.46. The van der Waals surface area contributed by atoms with Crippen molar-refractivity contribution in [1.29, 1.82) is 0 Å². The van der Waals surface area contributed by atoms with Crippen molar-refractivity contribution in [3.63, 3.8) is 0 Å². The Bertz CT molecular complexity index is 526. The van der Waals surface area contributed by atoms with E-state index in [1.165, 1.54) is 0 Å². The van der Waals surface area contributed by atoms with E-state index >= 15 is 0 Å². The number of ether oxygens (including phenoxy) is 1. The molecule has 2 rings (SSSR count). The minimum absolute atomic E-state index is 0.238. The molecule has 1 aromatic heterocycles. The summed E-state index contributed by atoms with van der Waals surface area (Å²) in [6.45, 7) is 4.24. The highest BCUT2D eigenvalue weighted by Crippen LogP contribution is 2.20. The zero-order valence-corrected chi connectivity index (χ0v) is 11.3. The number of rotatable bonds is 5. The fourth-order valence-electron chi connectivity index (χ4n) is 1.92. The molecule has 0 saturated heterocycles. The number of aromatic nitrogens is 1. The second-order valence-electron chi connectivity index (χ2n) is 4.49. The van der Waals surface area contributed by atoms with Gasteiger partial charge in [-0.1, -0.05) is 37.3 Å². The molecule has 0 fully saturated rings. The van der Waals surface area contributed by atoms with E-state index in [2.05, 4.69) is 4.98 Å². The first-order valence-electron chi connectivity index (χ1n) is 6.53. The molecule has 0 aliphatic rings. The molecule has 1 aromatic carbocycles. The average molecular weight is 257 g/mol. The van der Waals surface area contributed by atoms with Crippen molar-refractivity contribution in [2.24, 2.45) is 0 Å². The zero-order chi connectivity index (χ0) is 13.7. The molecule has 0 bridgehead atoms. The third-order valence-electron chi connectivity index (χ3n) is 2.99. The normalized spacial score (nSPS) is 12.2. The van der Waals surface area contributed by atoms with Crippen LogP contribution < -0.4 is 4.74 Å². The molecule has 0 spiro atoms. The summed E-state index contributed by atoms with van der Waals surface area (Å²) in [7, 11) is 0. The molecule has 1 heterocycles. The molecule has 1 atom stereocenters. The van der Waals surface area contributed by atoms with E-state index in [4.69, 9.17) is 4.74 Å².